The molecule has 0 aliphatic rings. The maximum atomic E-state index is 10.3. The molecule has 0 bridgehead atoms. The molecule has 0 aliphatic heterocycles. The van der Waals surface area contributed by atoms with E-state index < -0.39 is 0 Å². The Labute approximate surface area is 88.7 Å². The van der Waals surface area contributed by atoms with Crippen LogP contribution < -0.4 is 0 Å². The molecule has 2 heteroatoms. The van der Waals surface area contributed by atoms with Gasteiger partial charge < -0.3 is 9.69 Å². The highest BCUT2D eigenvalue weighted by molar-refractivity contribution is 5.49. The molecule has 0 fully saturated rings. The number of carbonyl (C=O) groups excluding carboxylic acids is 1. The fourth-order valence-electron chi connectivity index (χ4n) is 1.31. The lowest BCUT2D eigenvalue weighted by molar-refractivity contribution is -0.108. The normalized spacial score (nSPS) is 12.5. The fourth-order valence-corrected chi connectivity index (χ4v) is 1.31. The Morgan fingerprint density at radius 1 is 1.29 bits per heavy atom. The summed E-state index contributed by atoms with van der Waals surface area (Å²) in [6.07, 6.45) is 3.88. The van der Waals surface area contributed by atoms with E-state index in [9.17, 15) is 4.79 Å². The lowest BCUT2D eigenvalue weighted by Gasteiger charge is -2.28. The van der Waals surface area contributed by atoms with Crippen molar-refractivity contribution in [1.29, 1.82) is 0 Å². The monoisotopic (exact) mass is 199 g/mol. The van der Waals surface area contributed by atoms with Gasteiger partial charge in [-0.05, 0) is 45.7 Å². The molecule has 0 aromatic carbocycles. The molecular weight excluding hydrogens is 174 g/mol. The Morgan fingerprint density at radius 3 is 2.29 bits per heavy atom. The van der Waals surface area contributed by atoms with Crippen LogP contribution in [0.4, 0.5) is 0 Å². The first kappa shape index (κ1) is 13.6. The largest absolute Gasteiger partial charge is 0.304 e. The zero-order chi connectivity index (χ0) is 11.2. The minimum absolute atomic E-state index is 0.296. The molecule has 0 saturated carbocycles. The second-order valence-corrected chi connectivity index (χ2v) is 5.19. The van der Waals surface area contributed by atoms with Crippen molar-refractivity contribution in [1.82, 2.24) is 4.90 Å². The van der Waals surface area contributed by atoms with Gasteiger partial charge in [-0.2, -0.15) is 0 Å². The standard InChI is InChI=1S/C12H25NO/c1-11(2)13(5)9-8-12(3,4)7-6-10-14/h10-11H,6-9H2,1-5H3. The highest BCUT2D eigenvalue weighted by Crippen LogP contribution is 2.26. The van der Waals surface area contributed by atoms with E-state index in [0.717, 1.165) is 25.7 Å². The van der Waals surface area contributed by atoms with Crippen molar-refractivity contribution in [2.24, 2.45) is 5.41 Å². The number of nitrogens with zero attached hydrogens (tertiary/aromatic N) is 1. The lowest BCUT2D eigenvalue weighted by Crippen LogP contribution is -2.30. The van der Waals surface area contributed by atoms with Gasteiger partial charge in [0.15, 0.2) is 0 Å². The Bertz CT molecular complexity index is 164. The molecule has 0 N–H and O–H groups in total. The van der Waals surface area contributed by atoms with Crippen molar-refractivity contribution >= 4 is 6.29 Å². The average Bonchev–Trinajstić information content (AvgIpc) is 2.11. The third-order valence-corrected chi connectivity index (χ3v) is 2.96. The Kier molecular flexibility index (Phi) is 6.01. The maximum Gasteiger partial charge on any atom is 0.120 e. The minimum Gasteiger partial charge on any atom is -0.304 e. The molecule has 0 amide bonds. The first-order valence-corrected chi connectivity index (χ1v) is 5.53. The Balaban J connectivity index is 3.79. The molecule has 0 rings (SSSR count). The van der Waals surface area contributed by atoms with E-state index in [4.69, 9.17) is 0 Å². The van der Waals surface area contributed by atoms with E-state index >= 15 is 0 Å². The van der Waals surface area contributed by atoms with Crippen LogP contribution in [0.25, 0.3) is 0 Å². The minimum atomic E-state index is 0.296. The Hall–Kier alpha value is -0.370. The predicted molar refractivity (Wildman–Crippen MR) is 61.5 cm³/mol. The van der Waals surface area contributed by atoms with Crippen LogP contribution in [0.15, 0.2) is 0 Å². The summed E-state index contributed by atoms with van der Waals surface area (Å²) in [5.74, 6) is 0. The van der Waals surface area contributed by atoms with Gasteiger partial charge in [0, 0.05) is 12.5 Å². The molecule has 0 atom stereocenters. The van der Waals surface area contributed by atoms with Gasteiger partial charge in [0.25, 0.3) is 0 Å². The third kappa shape index (κ3) is 6.14. The highest BCUT2D eigenvalue weighted by atomic mass is 16.1. The fraction of sp³-hybridized carbons (Fsp3) is 0.917. The van der Waals surface area contributed by atoms with Crippen LogP contribution in [-0.2, 0) is 4.79 Å². The average molecular weight is 199 g/mol. The summed E-state index contributed by atoms with van der Waals surface area (Å²) in [5, 5.41) is 0. The first-order valence-electron chi connectivity index (χ1n) is 5.53. The molecule has 2 nitrogen and oxygen atoms in total. The van der Waals surface area contributed by atoms with E-state index in [1.807, 2.05) is 0 Å². The smallest absolute Gasteiger partial charge is 0.120 e. The van der Waals surface area contributed by atoms with Crippen LogP contribution in [0, 0.1) is 5.41 Å². The summed E-state index contributed by atoms with van der Waals surface area (Å²) < 4.78 is 0. The third-order valence-electron chi connectivity index (χ3n) is 2.96. The molecule has 0 radical (unpaired) electrons. The van der Waals surface area contributed by atoms with Gasteiger partial charge >= 0.3 is 0 Å². The molecule has 0 spiro atoms. The van der Waals surface area contributed by atoms with Crippen molar-refractivity contribution in [3.8, 4) is 0 Å². The topological polar surface area (TPSA) is 20.3 Å². The van der Waals surface area contributed by atoms with E-state index in [1.165, 1.54) is 0 Å². The predicted octanol–water partition coefficient (Wildman–Crippen LogP) is 2.72. The van der Waals surface area contributed by atoms with E-state index in [1.54, 1.807) is 0 Å². The molecule has 0 aliphatic carbocycles. The number of hydrogen-bond donors (Lipinski definition) is 0. The summed E-state index contributed by atoms with van der Waals surface area (Å²) in [4.78, 5) is 12.6. The van der Waals surface area contributed by atoms with Crippen LogP contribution in [0.5, 0.6) is 0 Å². The summed E-state index contributed by atoms with van der Waals surface area (Å²) in [5.41, 5.74) is 0.296. The van der Waals surface area contributed by atoms with Gasteiger partial charge in [0.1, 0.15) is 6.29 Å². The van der Waals surface area contributed by atoms with Gasteiger partial charge in [-0.3, -0.25) is 0 Å². The van der Waals surface area contributed by atoms with E-state index in [2.05, 4.69) is 39.6 Å². The number of hydrogen-bond acceptors (Lipinski definition) is 2. The van der Waals surface area contributed by atoms with Crippen molar-refractivity contribution in [2.45, 2.75) is 53.0 Å². The van der Waals surface area contributed by atoms with Crippen molar-refractivity contribution in [3.05, 3.63) is 0 Å². The van der Waals surface area contributed by atoms with Crippen LogP contribution >= 0.6 is 0 Å². The zero-order valence-electron chi connectivity index (χ0n) is 10.3. The molecule has 0 aromatic rings. The quantitative estimate of drug-likeness (QED) is 0.588. The summed E-state index contributed by atoms with van der Waals surface area (Å²) in [6.45, 7) is 10.0. The molecule has 0 aromatic heterocycles. The van der Waals surface area contributed by atoms with Gasteiger partial charge in [-0.1, -0.05) is 13.8 Å². The Morgan fingerprint density at radius 2 is 1.86 bits per heavy atom. The number of aldehydes is 1. The van der Waals surface area contributed by atoms with Gasteiger partial charge in [0.2, 0.25) is 0 Å². The maximum absolute atomic E-state index is 10.3. The SMILES string of the molecule is CC(C)N(C)CCC(C)(C)CCC=O. The second kappa shape index (κ2) is 6.18. The lowest BCUT2D eigenvalue weighted by atomic mass is 9.84. The molecule has 0 heterocycles. The summed E-state index contributed by atoms with van der Waals surface area (Å²) in [7, 11) is 2.15. The van der Waals surface area contributed by atoms with Crippen molar-refractivity contribution in [2.75, 3.05) is 13.6 Å². The summed E-state index contributed by atoms with van der Waals surface area (Å²) in [6, 6.07) is 0.608. The number of carbonyl (C=O) groups is 1. The van der Waals surface area contributed by atoms with Gasteiger partial charge in [0.05, 0.1) is 0 Å². The number of rotatable bonds is 7. The molecule has 84 valence electrons. The molecule has 0 saturated heterocycles. The molecular formula is C12H25NO. The highest BCUT2D eigenvalue weighted by Gasteiger charge is 2.18. The van der Waals surface area contributed by atoms with E-state index in [0.29, 0.717) is 17.9 Å². The van der Waals surface area contributed by atoms with Crippen LogP contribution in [-0.4, -0.2) is 30.8 Å². The van der Waals surface area contributed by atoms with Gasteiger partial charge in [-0.25, -0.2) is 0 Å². The second-order valence-electron chi connectivity index (χ2n) is 5.19. The van der Waals surface area contributed by atoms with Gasteiger partial charge in [-0.15, -0.1) is 0 Å². The van der Waals surface area contributed by atoms with E-state index in [-0.39, 0.29) is 0 Å². The molecule has 0 unspecified atom stereocenters. The summed E-state index contributed by atoms with van der Waals surface area (Å²) >= 11 is 0. The van der Waals surface area contributed by atoms with Crippen molar-refractivity contribution in [3.63, 3.8) is 0 Å². The van der Waals surface area contributed by atoms with Crippen LogP contribution in [0.2, 0.25) is 0 Å². The van der Waals surface area contributed by atoms with Crippen LogP contribution in [0.3, 0.4) is 0 Å². The van der Waals surface area contributed by atoms with Crippen molar-refractivity contribution < 1.29 is 4.79 Å². The first-order chi connectivity index (χ1) is 6.39. The van der Waals surface area contributed by atoms with Crippen LogP contribution in [0.1, 0.15) is 47.0 Å². The molecule has 14 heavy (non-hydrogen) atoms. The zero-order valence-corrected chi connectivity index (χ0v) is 10.3.